The molecule has 0 unspecified atom stereocenters. The van der Waals surface area contributed by atoms with Crippen LogP contribution in [0, 0.1) is 0 Å². The fourth-order valence-corrected chi connectivity index (χ4v) is 2.21. The van der Waals surface area contributed by atoms with Crippen LogP contribution in [-0.2, 0) is 27.7 Å². The molecule has 0 amide bonds. The minimum absolute atomic E-state index is 0. The van der Waals surface area contributed by atoms with Crippen LogP contribution in [0.4, 0.5) is 0 Å². The third kappa shape index (κ3) is 7.13. The van der Waals surface area contributed by atoms with Crippen molar-refractivity contribution in [1.82, 2.24) is 29.5 Å². The van der Waals surface area contributed by atoms with Crippen LogP contribution in [-0.4, -0.2) is 41.5 Å². The molecule has 4 rings (SSSR count). The van der Waals surface area contributed by atoms with Crippen LogP contribution in [0.25, 0.3) is 11.4 Å². The Kier molecular flexibility index (Phi) is 11.0. The van der Waals surface area contributed by atoms with Gasteiger partial charge in [0.2, 0.25) is 0 Å². The van der Waals surface area contributed by atoms with Crippen molar-refractivity contribution in [3.05, 3.63) is 85.0 Å². The third-order valence-corrected chi connectivity index (χ3v) is 3.64. The van der Waals surface area contributed by atoms with E-state index in [9.17, 15) is 19.8 Å². The molecule has 0 atom stereocenters. The first-order valence-corrected chi connectivity index (χ1v) is 7.87. The topological polar surface area (TPSA) is 208 Å². The molecule has 163 valence electrons. The summed E-state index contributed by atoms with van der Waals surface area (Å²) in [6.45, 7) is 0. The van der Waals surface area contributed by atoms with Gasteiger partial charge in [-0.1, -0.05) is 24.3 Å². The van der Waals surface area contributed by atoms with E-state index in [1.54, 1.807) is 33.4 Å². The van der Waals surface area contributed by atoms with Gasteiger partial charge < -0.3 is 30.8 Å². The van der Waals surface area contributed by atoms with Gasteiger partial charge in [0.05, 0.1) is 11.9 Å². The second-order valence-corrected chi connectivity index (χ2v) is 5.41. The van der Waals surface area contributed by atoms with Gasteiger partial charge in [-0.15, -0.1) is 20.4 Å². The Balaban J connectivity index is 0.000000529. The predicted octanol–water partition coefficient (Wildman–Crippen LogP) is -2.58. The molecule has 12 nitrogen and oxygen atoms in total. The number of carboxylic acid groups (broad SMARTS) is 2. The molecule has 0 aliphatic rings. The molecule has 13 heteroatoms. The largest absolute Gasteiger partial charge is 2.00 e. The van der Waals surface area contributed by atoms with Crippen molar-refractivity contribution in [3.8, 4) is 11.4 Å². The summed E-state index contributed by atoms with van der Waals surface area (Å²) >= 11 is 0. The van der Waals surface area contributed by atoms with Crippen LogP contribution < -0.4 is 10.2 Å². The van der Waals surface area contributed by atoms with Gasteiger partial charge in [-0.3, -0.25) is 9.13 Å². The Bertz CT molecular complexity index is 966. The molecule has 0 fully saturated rings. The Morgan fingerprint density at radius 2 is 0.839 bits per heavy atom. The van der Waals surface area contributed by atoms with Gasteiger partial charge in [-0.25, -0.2) is 0 Å². The molecule has 0 saturated heterocycles. The summed E-state index contributed by atoms with van der Waals surface area (Å²) in [4.78, 5) is 20.9. The Labute approximate surface area is 185 Å². The molecule has 0 spiro atoms. The monoisotopic (exact) mass is 473 g/mol. The maximum atomic E-state index is 10.5. The van der Waals surface area contributed by atoms with Crippen LogP contribution >= 0.6 is 0 Å². The minimum atomic E-state index is -1.18. The van der Waals surface area contributed by atoms with E-state index >= 15 is 0 Å². The maximum Gasteiger partial charge on any atom is 2.00 e. The van der Waals surface area contributed by atoms with E-state index in [2.05, 4.69) is 20.4 Å². The molecular weight excluding hydrogens is 455 g/mol. The number of nitrogens with zero attached hydrogens (tertiary/aromatic N) is 6. The molecular formula is C18H18CoN6O6+2. The van der Waals surface area contributed by atoms with Gasteiger partial charge in [0, 0.05) is 11.4 Å². The minimum Gasteiger partial charge on any atom is -0.545 e. The zero-order valence-electron chi connectivity index (χ0n) is 15.7. The fourth-order valence-electron chi connectivity index (χ4n) is 2.21. The zero-order valence-corrected chi connectivity index (χ0v) is 16.8. The van der Waals surface area contributed by atoms with E-state index in [4.69, 9.17) is 0 Å². The Hall–Kier alpha value is -3.91. The SMILES string of the molecule is O=C([O-])c1ccc(-n2cnnc2)cc1.O=C([O-])c1ccc(-n2cnnc2)cc1.[Co+2].[OH3+].[OH3+]. The molecule has 0 aliphatic carbocycles. The number of hydrogen-bond acceptors (Lipinski definition) is 8. The number of benzene rings is 2. The standard InChI is InChI=1S/2C9H7N3O2.Co.2H2O/c2*13-9(14)7-1-3-8(4-2-7)12-5-10-11-6-12;;;/h2*1-6H,(H,13,14);;2*1H2/q;;+2;;. The van der Waals surface area contributed by atoms with Crippen LogP contribution in [0.15, 0.2) is 73.8 Å². The van der Waals surface area contributed by atoms with Crippen molar-refractivity contribution in [2.45, 2.75) is 0 Å². The van der Waals surface area contributed by atoms with E-state index in [1.165, 1.54) is 49.6 Å². The number of carboxylic acids is 2. The van der Waals surface area contributed by atoms with Gasteiger partial charge in [0.25, 0.3) is 0 Å². The Morgan fingerprint density at radius 3 is 1.06 bits per heavy atom. The van der Waals surface area contributed by atoms with Gasteiger partial charge in [0.15, 0.2) is 0 Å². The first-order chi connectivity index (χ1) is 13.5. The third-order valence-electron chi connectivity index (χ3n) is 3.64. The second-order valence-electron chi connectivity index (χ2n) is 5.41. The molecule has 2 heterocycles. The predicted molar refractivity (Wildman–Crippen MR) is 101 cm³/mol. The number of aromatic carboxylic acids is 2. The molecule has 1 radical (unpaired) electrons. The molecule has 6 N–H and O–H groups in total. The molecule has 2 aromatic heterocycles. The van der Waals surface area contributed by atoms with Gasteiger partial charge in [-0.05, 0) is 35.4 Å². The number of aromatic nitrogens is 6. The summed E-state index contributed by atoms with van der Waals surface area (Å²) in [5.74, 6) is -2.36. The summed E-state index contributed by atoms with van der Waals surface area (Å²) < 4.78 is 3.36. The number of carbonyl (C=O) groups excluding carboxylic acids is 2. The summed E-state index contributed by atoms with van der Waals surface area (Å²) in [6.07, 6.45) is 6.14. The smallest absolute Gasteiger partial charge is 0.545 e. The first kappa shape index (κ1) is 27.1. The normalized spacial score (nSPS) is 9.03. The summed E-state index contributed by atoms with van der Waals surface area (Å²) in [5.41, 5.74) is 1.92. The first-order valence-electron chi connectivity index (χ1n) is 7.87. The average Bonchev–Trinajstić information content (AvgIpc) is 3.43. The summed E-state index contributed by atoms with van der Waals surface area (Å²) in [5, 5.41) is 35.5. The van der Waals surface area contributed by atoms with Crippen molar-refractivity contribution in [1.29, 1.82) is 0 Å². The van der Waals surface area contributed by atoms with Gasteiger partial charge >= 0.3 is 16.8 Å². The molecule has 2 aromatic carbocycles. The molecule has 0 saturated carbocycles. The summed E-state index contributed by atoms with van der Waals surface area (Å²) in [7, 11) is 0. The van der Waals surface area contributed by atoms with Gasteiger partial charge in [0.1, 0.15) is 25.3 Å². The maximum absolute atomic E-state index is 10.5. The Morgan fingerprint density at radius 1 is 0.581 bits per heavy atom. The molecule has 31 heavy (non-hydrogen) atoms. The zero-order chi connectivity index (χ0) is 19.9. The van der Waals surface area contributed by atoms with E-state index in [-0.39, 0.29) is 38.9 Å². The van der Waals surface area contributed by atoms with Crippen molar-refractivity contribution in [3.63, 3.8) is 0 Å². The summed E-state index contributed by atoms with van der Waals surface area (Å²) in [6, 6.07) is 12.6. The number of rotatable bonds is 4. The fraction of sp³-hybridized carbons (Fsp3) is 0. The van der Waals surface area contributed by atoms with E-state index < -0.39 is 11.9 Å². The second kappa shape index (κ2) is 12.6. The molecule has 0 bridgehead atoms. The van der Waals surface area contributed by atoms with E-state index in [1.807, 2.05) is 0 Å². The van der Waals surface area contributed by atoms with Gasteiger partial charge in [-0.2, -0.15) is 0 Å². The quantitative estimate of drug-likeness (QED) is 0.287. The van der Waals surface area contributed by atoms with E-state index in [0.29, 0.717) is 0 Å². The van der Waals surface area contributed by atoms with Crippen LogP contribution in [0.3, 0.4) is 0 Å². The molecule has 4 aromatic rings. The van der Waals surface area contributed by atoms with Crippen LogP contribution in [0.2, 0.25) is 0 Å². The van der Waals surface area contributed by atoms with Crippen LogP contribution in [0.5, 0.6) is 0 Å². The van der Waals surface area contributed by atoms with Crippen molar-refractivity contribution < 1.29 is 47.5 Å². The van der Waals surface area contributed by atoms with Crippen molar-refractivity contribution >= 4 is 11.9 Å². The molecule has 0 aliphatic heterocycles. The van der Waals surface area contributed by atoms with Crippen molar-refractivity contribution in [2.24, 2.45) is 0 Å². The number of hydrogen-bond donors (Lipinski definition) is 0. The number of carbonyl (C=O) groups is 2. The van der Waals surface area contributed by atoms with Crippen LogP contribution in [0.1, 0.15) is 20.7 Å². The van der Waals surface area contributed by atoms with Crippen molar-refractivity contribution in [2.75, 3.05) is 0 Å². The van der Waals surface area contributed by atoms with E-state index in [0.717, 1.165) is 11.4 Å². The average molecular weight is 473 g/mol.